The third-order valence-corrected chi connectivity index (χ3v) is 3.66. The Labute approximate surface area is 162 Å². The molecule has 0 bridgehead atoms. The molecule has 0 aliphatic carbocycles. The van der Waals surface area contributed by atoms with Crippen molar-refractivity contribution in [2.75, 3.05) is 32.2 Å². The van der Waals surface area contributed by atoms with Gasteiger partial charge < -0.3 is 25.2 Å². The molecular weight excluding hydrogens is 364 g/mol. The first-order chi connectivity index (χ1) is 13.5. The van der Waals surface area contributed by atoms with Gasteiger partial charge in [0, 0.05) is 37.0 Å². The van der Waals surface area contributed by atoms with E-state index in [-0.39, 0.29) is 5.91 Å². The second-order valence-corrected chi connectivity index (χ2v) is 5.83. The van der Waals surface area contributed by atoms with Crippen molar-refractivity contribution in [3.63, 3.8) is 0 Å². The van der Waals surface area contributed by atoms with E-state index in [9.17, 15) is 14.4 Å². The Hall–Kier alpha value is -3.39. The fourth-order valence-corrected chi connectivity index (χ4v) is 2.29. The molecule has 0 aliphatic rings. The number of benzene rings is 2. The van der Waals surface area contributed by atoms with Crippen molar-refractivity contribution in [2.24, 2.45) is 0 Å². The quantitative estimate of drug-likeness (QED) is 0.539. The van der Waals surface area contributed by atoms with Crippen LogP contribution >= 0.6 is 0 Å². The Kier molecular flexibility index (Phi) is 7.98. The molecule has 0 fully saturated rings. The average molecular weight is 386 g/mol. The van der Waals surface area contributed by atoms with Gasteiger partial charge in [0.1, 0.15) is 12.3 Å². The van der Waals surface area contributed by atoms with Gasteiger partial charge in [-0.15, -0.1) is 0 Å². The maximum absolute atomic E-state index is 12.4. The summed E-state index contributed by atoms with van der Waals surface area (Å²) in [5, 5.41) is 13.6. The number of aliphatic carboxylic acids is 1. The summed E-state index contributed by atoms with van der Waals surface area (Å²) in [4.78, 5) is 34.7. The molecule has 0 unspecified atom stereocenters. The molecule has 3 N–H and O–H groups in total. The summed E-state index contributed by atoms with van der Waals surface area (Å²) in [5.41, 5.74) is 1.24. The van der Waals surface area contributed by atoms with Gasteiger partial charge in [0.15, 0.2) is 0 Å². The SMILES string of the molecule is COCCCOc1cccc(C(=O)Nc2ccc(C(=O)NCC(=O)O)cc2)c1. The first-order valence-corrected chi connectivity index (χ1v) is 8.63. The topological polar surface area (TPSA) is 114 Å². The Morgan fingerprint density at radius 2 is 1.71 bits per heavy atom. The van der Waals surface area contributed by atoms with E-state index in [4.69, 9.17) is 14.6 Å². The number of carbonyl (C=O) groups excluding carboxylic acids is 2. The van der Waals surface area contributed by atoms with Crippen LogP contribution in [0.25, 0.3) is 0 Å². The third kappa shape index (κ3) is 6.73. The molecule has 2 amide bonds. The molecule has 2 aromatic carbocycles. The van der Waals surface area contributed by atoms with Gasteiger partial charge in [0.05, 0.1) is 6.61 Å². The van der Waals surface area contributed by atoms with E-state index in [2.05, 4.69) is 10.6 Å². The number of rotatable bonds is 10. The van der Waals surface area contributed by atoms with Crippen molar-refractivity contribution in [1.29, 1.82) is 0 Å². The average Bonchev–Trinajstić information content (AvgIpc) is 2.70. The van der Waals surface area contributed by atoms with Gasteiger partial charge in [-0.25, -0.2) is 0 Å². The highest BCUT2D eigenvalue weighted by Gasteiger charge is 2.10. The van der Waals surface area contributed by atoms with E-state index >= 15 is 0 Å². The third-order valence-electron chi connectivity index (χ3n) is 3.66. The second kappa shape index (κ2) is 10.7. The van der Waals surface area contributed by atoms with Crippen molar-refractivity contribution >= 4 is 23.5 Å². The monoisotopic (exact) mass is 386 g/mol. The Morgan fingerprint density at radius 3 is 2.39 bits per heavy atom. The number of carboxylic acids is 1. The minimum absolute atomic E-state index is 0.297. The number of nitrogens with one attached hydrogen (secondary N) is 2. The highest BCUT2D eigenvalue weighted by atomic mass is 16.5. The summed E-state index contributed by atoms with van der Waals surface area (Å²) in [6, 6.07) is 13.0. The van der Waals surface area contributed by atoms with E-state index in [0.717, 1.165) is 6.42 Å². The standard InChI is InChI=1S/C20H22N2O6/c1-27-10-3-11-28-17-5-2-4-15(12-17)20(26)22-16-8-6-14(7-9-16)19(25)21-13-18(23)24/h2,4-9,12H,3,10-11,13H2,1H3,(H,21,25)(H,22,26)(H,23,24). The summed E-state index contributed by atoms with van der Waals surface area (Å²) in [7, 11) is 1.62. The summed E-state index contributed by atoms with van der Waals surface area (Å²) >= 11 is 0. The minimum atomic E-state index is -1.12. The zero-order valence-electron chi connectivity index (χ0n) is 15.4. The van der Waals surface area contributed by atoms with Crippen LogP contribution in [0.15, 0.2) is 48.5 Å². The van der Waals surface area contributed by atoms with E-state index in [1.807, 2.05) is 0 Å². The number of hydrogen-bond acceptors (Lipinski definition) is 5. The van der Waals surface area contributed by atoms with E-state index in [1.165, 1.54) is 12.1 Å². The molecule has 0 aromatic heterocycles. The van der Waals surface area contributed by atoms with Gasteiger partial charge in [-0.1, -0.05) is 6.07 Å². The van der Waals surface area contributed by atoms with Gasteiger partial charge in [-0.3, -0.25) is 14.4 Å². The van der Waals surface area contributed by atoms with Crippen molar-refractivity contribution in [1.82, 2.24) is 5.32 Å². The Bertz CT molecular complexity index is 820. The summed E-state index contributed by atoms with van der Waals surface area (Å²) in [5.74, 6) is -1.35. The minimum Gasteiger partial charge on any atom is -0.493 e. The predicted octanol–water partition coefficient (Wildman–Crippen LogP) is 2.17. The Morgan fingerprint density at radius 1 is 0.964 bits per heavy atom. The smallest absolute Gasteiger partial charge is 0.322 e. The van der Waals surface area contributed by atoms with Crippen LogP contribution < -0.4 is 15.4 Å². The fraction of sp³-hybridized carbons (Fsp3) is 0.250. The summed E-state index contributed by atoms with van der Waals surface area (Å²) < 4.78 is 10.5. The van der Waals surface area contributed by atoms with Crippen molar-refractivity contribution < 1.29 is 29.0 Å². The lowest BCUT2D eigenvalue weighted by Crippen LogP contribution is -2.29. The molecule has 0 spiro atoms. The van der Waals surface area contributed by atoms with Crippen molar-refractivity contribution in [2.45, 2.75) is 6.42 Å². The van der Waals surface area contributed by atoms with Crippen LogP contribution in [-0.4, -0.2) is 49.8 Å². The second-order valence-electron chi connectivity index (χ2n) is 5.83. The van der Waals surface area contributed by atoms with Crippen LogP contribution in [0.1, 0.15) is 27.1 Å². The van der Waals surface area contributed by atoms with Crippen LogP contribution in [0.3, 0.4) is 0 Å². The Balaban J connectivity index is 1.93. The van der Waals surface area contributed by atoms with Gasteiger partial charge in [-0.05, 0) is 42.5 Å². The molecule has 2 aromatic rings. The van der Waals surface area contributed by atoms with Crippen LogP contribution in [0.2, 0.25) is 0 Å². The molecule has 0 radical (unpaired) electrons. The zero-order valence-corrected chi connectivity index (χ0v) is 15.4. The molecule has 2 rings (SSSR count). The van der Waals surface area contributed by atoms with Gasteiger partial charge >= 0.3 is 5.97 Å². The molecule has 0 saturated heterocycles. The predicted molar refractivity (Wildman–Crippen MR) is 103 cm³/mol. The molecule has 148 valence electrons. The van der Waals surface area contributed by atoms with Crippen LogP contribution in [0.4, 0.5) is 5.69 Å². The molecule has 8 nitrogen and oxygen atoms in total. The van der Waals surface area contributed by atoms with Gasteiger partial charge in [0.2, 0.25) is 0 Å². The number of carbonyl (C=O) groups is 3. The lowest BCUT2D eigenvalue weighted by Gasteiger charge is -2.09. The number of anilines is 1. The number of methoxy groups -OCH3 is 1. The van der Waals surface area contributed by atoms with Crippen LogP contribution in [-0.2, 0) is 9.53 Å². The molecule has 0 heterocycles. The maximum atomic E-state index is 12.4. The first-order valence-electron chi connectivity index (χ1n) is 8.63. The van der Waals surface area contributed by atoms with E-state index in [0.29, 0.717) is 35.8 Å². The lowest BCUT2D eigenvalue weighted by atomic mass is 10.1. The molecule has 0 atom stereocenters. The normalized spacial score (nSPS) is 10.2. The number of ether oxygens (including phenoxy) is 2. The fourth-order valence-electron chi connectivity index (χ4n) is 2.29. The number of amides is 2. The number of hydrogen-bond donors (Lipinski definition) is 3. The summed E-state index contributed by atoms with van der Waals surface area (Å²) in [6.45, 7) is 0.635. The number of carboxylic acid groups (broad SMARTS) is 1. The lowest BCUT2D eigenvalue weighted by molar-refractivity contribution is -0.135. The van der Waals surface area contributed by atoms with Crippen LogP contribution in [0.5, 0.6) is 5.75 Å². The van der Waals surface area contributed by atoms with E-state index < -0.39 is 18.4 Å². The largest absolute Gasteiger partial charge is 0.493 e. The van der Waals surface area contributed by atoms with Gasteiger partial charge in [-0.2, -0.15) is 0 Å². The van der Waals surface area contributed by atoms with Crippen molar-refractivity contribution in [3.05, 3.63) is 59.7 Å². The first kappa shape index (κ1) is 20.9. The zero-order chi connectivity index (χ0) is 20.4. The highest BCUT2D eigenvalue weighted by molar-refractivity contribution is 6.04. The molecule has 0 saturated carbocycles. The van der Waals surface area contributed by atoms with E-state index in [1.54, 1.807) is 43.5 Å². The molecule has 0 aliphatic heterocycles. The van der Waals surface area contributed by atoms with Crippen LogP contribution in [0, 0.1) is 0 Å². The molecular formula is C20H22N2O6. The molecule has 28 heavy (non-hydrogen) atoms. The maximum Gasteiger partial charge on any atom is 0.322 e. The highest BCUT2D eigenvalue weighted by Crippen LogP contribution is 2.16. The van der Waals surface area contributed by atoms with Crippen molar-refractivity contribution in [3.8, 4) is 5.75 Å². The van der Waals surface area contributed by atoms with Gasteiger partial charge in [0.25, 0.3) is 11.8 Å². The molecule has 8 heteroatoms. The summed E-state index contributed by atoms with van der Waals surface area (Å²) in [6.07, 6.45) is 0.749.